The summed E-state index contributed by atoms with van der Waals surface area (Å²) in [6, 6.07) is 15.9. The fraction of sp³-hybridized carbons (Fsp3) is 0.200. The third-order valence-corrected chi connectivity index (χ3v) is 5.45. The van der Waals surface area contributed by atoms with Crippen LogP contribution in [0, 0.1) is 0 Å². The average molecular weight is 548 g/mol. The van der Waals surface area contributed by atoms with Gasteiger partial charge in [0.1, 0.15) is 6.61 Å². The number of nitrogens with zero attached hydrogens (tertiary/aromatic N) is 1. The van der Waals surface area contributed by atoms with Crippen molar-refractivity contribution in [3.05, 3.63) is 80.8 Å². The van der Waals surface area contributed by atoms with Crippen molar-refractivity contribution < 1.29 is 23.7 Å². The van der Waals surface area contributed by atoms with Crippen molar-refractivity contribution in [2.75, 3.05) is 20.8 Å². The van der Waals surface area contributed by atoms with Crippen LogP contribution >= 0.6 is 27.5 Å². The zero-order valence-electron chi connectivity index (χ0n) is 18.9. The van der Waals surface area contributed by atoms with E-state index in [1.807, 2.05) is 37.3 Å². The Bertz CT molecular complexity index is 1190. The topological polar surface area (TPSA) is 78.4 Å². The van der Waals surface area contributed by atoms with Gasteiger partial charge in [-0.15, -0.1) is 0 Å². The first kappa shape index (κ1) is 25.4. The summed E-state index contributed by atoms with van der Waals surface area (Å²) in [6.07, 6.45) is 1.52. The molecule has 3 aromatic rings. The van der Waals surface area contributed by atoms with Gasteiger partial charge in [0.2, 0.25) is 0 Å². The van der Waals surface area contributed by atoms with Crippen molar-refractivity contribution in [1.29, 1.82) is 0 Å². The molecule has 9 heteroatoms. The molecule has 0 saturated heterocycles. The normalized spacial score (nSPS) is 10.7. The van der Waals surface area contributed by atoms with Crippen LogP contribution in [-0.4, -0.2) is 32.9 Å². The van der Waals surface area contributed by atoms with E-state index in [4.69, 9.17) is 30.5 Å². The minimum Gasteiger partial charge on any atom is -0.493 e. The Kier molecular flexibility index (Phi) is 9.18. The Labute approximate surface area is 211 Å². The summed E-state index contributed by atoms with van der Waals surface area (Å²) in [5, 5.41) is 4.71. The van der Waals surface area contributed by atoms with Gasteiger partial charge in [0.05, 0.1) is 31.5 Å². The number of carbonyl (C=O) groups excluding carboxylic acids is 1. The zero-order valence-corrected chi connectivity index (χ0v) is 21.3. The fourth-order valence-corrected chi connectivity index (χ4v) is 3.84. The van der Waals surface area contributed by atoms with Crippen molar-refractivity contribution >= 4 is 39.7 Å². The summed E-state index contributed by atoms with van der Waals surface area (Å²) in [7, 11) is 3.04. The second kappa shape index (κ2) is 12.3. The molecule has 3 rings (SSSR count). The summed E-state index contributed by atoms with van der Waals surface area (Å²) in [5.41, 5.74) is 4.53. The van der Waals surface area contributed by atoms with Crippen LogP contribution in [0.3, 0.4) is 0 Å². The van der Waals surface area contributed by atoms with E-state index in [9.17, 15) is 4.79 Å². The zero-order chi connectivity index (χ0) is 24.5. The number of halogens is 2. The highest BCUT2D eigenvalue weighted by Crippen LogP contribution is 2.37. The number of hydrogen-bond acceptors (Lipinski definition) is 6. The molecule has 0 saturated carbocycles. The lowest BCUT2D eigenvalue weighted by Gasteiger charge is -2.15. The van der Waals surface area contributed by atoms with Crippen LogP contribution < -0.4 is 24.4 Å². The molecule has 0 aliphatic rings. The number of amides is 1. The molecule has 0 aliphatic heterocycles. The molecule has 0 heterocycles. The van der Waals surface area contributed by atoms with E-state index in [2.05, 4.69) is 26.5 Å². The van der Waals surface area contributed by atoms with E-state index in [0.717, 1.165) is 5.56 Å². The molecule has 0 unspecified atom stereocenters. The van der Waals surface area contributed by atoms with Gasteiger partial charge in [0, 0.05) is 10.6 Å². The number of rotatable bonds is 10. The number of benzene rings is 3. The molecular formula is C25H24BrClN2O5. The van der Waals surface area contributed by atoms with E-state index in [0.29, 0.717) is 56.8 Å². The predicted molar refractivity (Wildman–Crippen MR) is 136 cm³/mol. The maximum atomic E-state index is 12.5. The highest BCUT2D eigenvalue weighted by molar-refractivity contribution is 9.10. The van der Waals surface area contributed by atoms with Crippen LogP contribution in [0.1, 0.15) is 28.4 Å². The number of nitrogens with one attached hydrogen (secondary N) is 1. The Morgan fingerprint density at radius 1 is 1.03 bits per heavy atom. The van der Waals surface area contributed by atoms with Crippen LogP contribution in [0.2, 0.25) is 5.02 Å². The van der Waals surface area contributed by atoms with Gasteiger partial charge in [-0.3, -0.25) is 4.79 Å². The van der Waals surface area contributed by atoms with E-state index in [1.54, 1.807) is 24.3 Å². The third-order valence-electron chi connectivity index (χ3n) is 4.63. The monoisotopic (exact) mass is 546 g/mol. The molecular weight excluding hydrogens is 524 g/mol. The molecule has 0 atom stereocenters. The van der Waals surface area contributed by atoms with Crippen molar-refractivity contribution in [2.24, 2.45) is 5.10 Å². The van der Waals surface area contributed by atoms with Gasteiger partial charge in [0.15, 0.2) is 23.0 Å². The van der Waals surface area contributed by atoms with Crippen molar-refractivity contribution in [1.82, 2.24) is 5.43 Å². The molecule has 34 heavy (non-hydrogen) atoms. The standard InChI is InChI=1S/C25H24BrClN2O5/c1-4-33-23-12-17(11-20(26)24(23)34-15-16-6-5-7-19(27)10-16)14-28-29-25(30)18-8-9-21(31-2)22(13-18)32-3/h5-14H,4,15H2,1-3H3,(H,29,30)/b28-14+. The summed E-state index contributed by atoms with van der Waals surface area (Å²) >= 11 is 9.59. The quantitative estimate of drug-likeness (QED) is 0.254. The van der Waals surface area contributed by atoms with Gasteiger partial charge in [-0.05, 0) is 76.4 Å². The van der Waals surface area contributed by atoms with E-state index < -0.39 is 0 Å². The Morgan fingerprint density at radius 2 is 1.82 bits per heavy atom. The Balaban J connectivity index is 1.72. The third kappa shape index (κ3) is 6.65. The molecule has 0 aromatic heterocycles. The first-order valence-corrected chi connectivity index (χ1v) is 11.5. The number of hydrogen-bond donors (Lipinski definition) is 1. The average Bonchev–Trinajstić information content (AvgIpc) is 2.83. The van der Waals surface area contributed by atoms with Crippen molar-refractivity contribution in [3.63, 3.8) is 0 Å². The lowest BCUT2D eigenvalue weighted by atomic mass is 10.2. The molecule has 1 N–H and O–H groups in total. The molecule has 178 valence electrons. The fourth-order valence-electron chi connectivity index (χ4n) is 3.06. The molecule has 0 fully saturated rings. The molecule has 1 amide bonds. The second-order valence-electron chi connectivity index (χ2n) is 6.95. The lowest BCUT2D eigenvalue weighted by Crippen LogP contribution is -2.17. The Morgan fingerprint density at radius 3 is 2.53 bits per heavy atom. The van der Waals surface area contributed by atoms with E-state index >= 15 is 0 Å². The van der Waals surface area contributed by atoms with Crippen molar-refractivity contribution in [2.45, 2.75) is 13.5 Å². The minimum absolute atomic E-state index is 0.327. The smallest absolute Gasteiger partial charge is 0.271 e. The van der Waals surface area contributed by atoms with Gasteiger partial charge in [0.25, 0.3) is 5.91 Å². The lowest BCUT2D eigenvalue weighted by molar-refractivity contribution is 0.0954. The summed E-state index contributed by atoms with van der Waals surface area (Å²) in [4.78, 5) is 12.5. The SMILES string of the molecule is CCOc1cc(/C=N/NC(=O)c2ccc(OC)c(OC)c2)cc(Br)c1OCc1cccc(Cl)c1. The van der Waals surface area contributed by atoms with E-state index in [-0.39, 0.29) is 5.91 Å². The molecule has 0 bridgehead atoms. The molecule has 0 spiro atoms. The maximum Gasteiger partial charge on any atom is 0.271 e. The minimum atomic E-state index is -0.386. The molecule has 0 aliphatic carbocycles. The number of methoxy groups -OCH3 is 2. The number of carbonyl (C=O) groups is 1. The van der Waals surface area contributed by atoms with Gasteiger partial charge < -0.3 is 18.9 Å². The van der Waals surface area contributed by atoms with Crippen LogP contribution in [0.25, 0.3) is 0 Å². The first-order chi connectivity index (χ1) is 16.4. The summed E-state index contributed by atoms with van der Waals surface area (Å²) in [6.45, 7) is 2.67. The van der Waals surface area contributed by atoms with E-state index in [1.165, 1.54) is 20.4 Å². The van der Waals surface area contributed by atoms with Crippen LogP contribution in [0.4, 0.5) is 0 Å². The highest BCUT2D eigenvalue weighted by Gasteiger charge is 2.13. The van der Waals surface area contributed by atoms with Crippen LogP contribution in [0.15, 0.2) is 64.2 Å². The van der Waals surface area contributed by atoms with Gasteiger partial charge in [-0.1, -0.05) is 23.7 Å². The molecule has 0 radical (unpaired) electrons. The Hall–Kier alpha value is -3.23. The first-order valence-electron chi connectivity index (χ1n) is 10.3. The highest BCUT2D eigenvalue weighted by atomic mass is 79.9. The molecule has 3 aromatic carbocycles. The molecule has 7 nitrogen and oxygen atoms in total. The summed E-state index contributed by atoms with van der Waals surface area (Å²) in [5.74, 6) is 1.72. The number of hydrazone groups is 1. The van der Waals surface area contributed by atoms with Gasteiger partial charge >= 0.3 is 0 Å². The largest absolute Gasteiger partial charge is 0.493 e. The summed E-state index contributed by atoms with van der Waals surface area (Å²) < 4.78 is 22.9. The van der Waals surface area contributed by atoms with Crippen molar-refractivity contribution in [3.8, 4) is 23.0 Å². The number of ether oxygens (including phenoxy) is 4. The van der Waals surface area contributed by atoms with Crippen LogP contribution in [0.5, 0.6) is 23.0 Å². The maximum absolute atomic E-state index is 12.5. The second-order valence-corrected chi connectivity index (χ2v) is 8.24. The van der Waals surface area contributed by atoms with Gasteiger partial charge in [-0.25, -0.2) is 5.43 Å². The van der Waals surface area contributed by atoms with Crippen LogP contribution in [-0.2, 0) is 6.61 Å². The predicted octanol–water partition coefficient (Wildman–Crippen LogP) is 5.86. The van der Waals surface area contributed by atoms with Gasteiger partial charge in [-0.2, -0.15) is 5.10 Å².